The summed E-state index contributed by atoms with van der Waals surface area (Å²) in [5.41, 5.74) is 0.483. The third kappa shape index (κ3) is 4.61. The molecule has 24 heavy (non-hydrogen) atoms. The van der Waals surface area contributed by atoms with E-state index in [9.17, 15) is 14.7 Å². The molecule has 2 unspecified atom stereocenters. The Morgan fingerprint density at radius 3 is 2.67 bits per heavy atom. The van der Waals surface area contributed by atoms with Crippen LogP contribution in [0.4, 0.5) is 4.79 Å². The highest BCUT2D eigenvalue weighted by Crippen LogP contribution is 2.14. The molecule has 3 N–H and O–H groups in total. The van der Waals surface area contributed by atoms with E-state index in [-0.39, 0.29) is 18.5 Å². The molecular formula is C17H25N3O4. The number of urea groups is 1. The molecule has 132 valence electrons. The minimum Gasteiger partial charge on any atom is -0.497 e. The molecule has 0 saturated carbocycles. The molecule has 1 saturated heterocycles. The number of carbonyl (C=O) groups is 2. The first-order valence-corrected chi connectivity index (χ1v) is 8.21. The zero-order chi connectivity index (χ0) is 17.5. The second-order valence-corrected chi connectivity index (χ2v) is 5.80. The lowest BCUT2D eigenvalue weighted by Crippen LogP contribution is -2.51. The molecule has 2 rings (SSSR count). The summed E-state index contributed by atoms with van der Waals surface area (Å²) in [4.78, 5) is 26.1. The standard InChI is InChI=1S/C17H25N3O4/c1-3-18-17(23)20-10-4-5-15(21)14(11-20)19-16(22)12-6-8-13(24-2)9-7-12/h6-9,14-15,21H,3-5,10-11H2,1-2H3,(H,18,23)(H,19,22). The minimum absolute atomic E-state index is 0.171. The number of aliphatic hydroxyl groups is 1. The van der Waals surface area contributed by atoms with Gasteiger partial charge in [-0.05, 0) is 44.0 Å². The normalized spacial score (nSPS) is 20.9. The van der Waals surface area contributed by atoms with E-state index in [4.69, 9.17) is 4.74 Å². The number of nitrogens with one attached hydrogen (secondary N) is 2. The lowest BCUT2D eigenvalue weighted by atomic mass is 10.1. The van der Waals surface area contributed by atoms with Crippen molar-refractivity contribution in [3.63, 3.8) is 0 Å². The summed E-state index contributed by atoms with van der Waals surface area (Å²) in [6, 6.07) is 6.08. The second-order valence-electron chi connectivity index (χ2n) is 5.80. The Morgan fingerprint density at radius 2 is 2.04 bits per heavy atom. The largest absolute Gasteiger partial charge is 0.497 e. The topological polar surface area (TPSA) is 90.9 Å². The molecule has 0 bridgehead atoms. The zero-order valence-electron chi connectivity index (χ0n) is 14.1. The highest BCUT2D eigenvalue weighted by atomic mass is 16.5. The van der Waals surface area contributed by atoms with Crippen LogP contribution in [-0.4, -0.2) is 60.8 Å². The van der Waals surface area contributed by atoms with E-state index in [1.165, 1.54) is 0 Å². The van der Waals surface area contributed by atoms with Crippen LogP contribution in [0.5, 0.6) is 5.75 Å². The maximum Gasteiger partial charge on any atom is 0.317 e. The molecule has 7 nitrogen and oxygen atoms in total. The van der Waals surface area contributed by atoms with Gasteiger partial charge in [0.15, 0.2) is 0 Å². The third-order valence-corrected chi connectivity index (χ3v) is 4.09. The van der Waals surface area contributed by atoms with Gasteiger partial charge in [-0.3, -0.25) is 4.79 Å². The maximum absolute atomic E-state index is 12.4. The average Bonchev–Trinajstić information content (AvgIpc) is 2.77. The summed E-state index contributed by atoms with van der Waals surface area (Å²) in [5.74, 6) is 0.392. The summed E-state index contributed by atoms with van der Waals surface area (Å²) < 4.78 is 5.07. The van der Waals surface area contributed by atoms with Gasteiger partial charge in [0.05, 0.1) is 19.3 Å². The number of aliphatic hydroxyl groups excluding tert-OH is 1. The van der Waals surface area contributed by atoms with E-state index in [2.05, 4.69) is 10.6 Å². The molecule has 1 fully saturated rings. The second kappa shape index (κ2) is 8.54. The first kappa shape index (κ1) is 18.1. The molecule has 1 aliphatic heterocycles. The Morgan fingerprint density at radius 1 is 1.33 bits per heavy atom. The number of hydrogen-bond acceptors (Lipinski definition) is 4. The number of amides is 3. The average molecular weight is 335 g/mol. The van der Waals surface area contributed by atoms with Crippen LogP contribution < -0.4 is 15.4 Å². The van der Waals surface area contributed by atoms with Crippen molar-refractivity contribution < 1.29 is 19.4 Å². The Labute approximate surface area is 142 Å². The van der Waals surface area contributed by atoms with Gasteiger partial charge in [-0.15, -0.1) is 0 Å². The van der Waals surface area contributed by atoms with Crippen LogP contribution in [0.25, 0.3) is 0 Å². The molecule has 2 atom stereocenters. The summed E-state index contributed by atoms with van der Waals surface area (Å²) in [6.45, 7) is 3.25. The highest BCUT2D eigenvalue weighted by Gasteiger charge is 2.29. The van der Waals surface area contributed by atoms with E-state index in [1.807, 2.05) is 6.92 Å². The smallest absolute Gasteiger partial charge is 0.317 e. The number of rotatable bonds is 4. The van der Waals surface area contributed by atoms with Gasteiger partial charge in [-0.2, -0.15) is 0 Å². The van der Waals surface area contributed by atoms with Crippen molar-refractivity contribution in [1.29, 1.82) is 0 Å². The van der Waals surface area contributed by atoms with Gasteiger partial charge in [0.2, 0.25) is 0 Å². The highest BCUT2D eigenvalue weighted by molar-refractivity contribution is 5.94. The van der Waals surface area contributed by atoms with Gasteiger partial charge in [0, 0.05) is 25.2 Å². The molecule has 3 amide bonds. The van der Waals surface area contributed by atoms with Crippen molar-refractivity contribution in [2.24, 2.45) is 0 Å². The van der Waals surface area contributed by atoms with Gasteiger partial charge in [-0.25, -0.2) is 4.79 Å². The molecule has 1 aromatic rings. The fourth-order valence-corrected chi connectivity index (χ4v) is 2.73. The van der Waals surface area contributed by atoms with E-state index in [0.29, 0.717) is 37.2 Å². The number of nitrogens with zero attached hydrogens (tertiary/aromatic N) is 1. The van der Waals surface area contributed by atoms with Crippen molar-refractivity contribution in [2.75, 3.05) is 26.7 Å². The quantitative estimate of drug-likeness (QED) is 0.765. The number of likely N-dealkylation sites (tertiary alicyclic amines) is 1. The molecule has 0 spiro atoms. The van der Waals surface area contributed by atoms with Crippen LogP contribution >= 0.6 is 0 Å². The lowest BCUT2D eigenvalue weighted by Gasteiger charge is -2.27. The molecule has 0 aromatic heterocycles. The summed E-state index contributed by atoms with van der Waals surface area (Å²) in [7, 11) is 1.56. The van der Waals surface area contributed by atoms with Crippen molar-refractivity contribution >= 4 is 11.9 Å². The fraction of sp³-hybridized carbons (Fsp3) is 0.529. The Bertz CT molecular complexity index is 561. The van der Waals surface area contributed by atoms with Crippen molar-refractivity contribution in [1.82, 2.24) is 15.5 Å². The molecule has 1 aromatic carbocycles. The molecular weight excluding hydrogens is 310 g/mol. The van der Waals surface area contributed by atoms with Crippen molar-refractivity contribution in [3.05, 3.63) is 29.8 Å². The SMILES string of the molecule is CCNC(=O)N1CCCC(O)C(NC(=O)c2ccc(OC)cc2)C1. The van der Waals surface area contributed by atoms with Gasteiger partial charge in [0.1, 0.15) is 5.75 Å². The summed E-state index contributed by atoms with van der Waals surface area (Å²) >= 11 is 0. The van der Waals surface area contributed by atoms with Crippen molar-refractivity contribution in [3.8, 4) is 5.75 Å². The number of carbonyl (C=O) groups excluding carboxylic acids is 2. The van der Waals surface area contributed by atoms with Crippen LogP contribution in [-0.2, 0) is 0 Å². The molecule has 0 radical (unpaired) electrons. The van der Waals surface area contributed by atoms with Crippen LogP contribution in [0.15, 0.2) is 24.3 Å². The summed E-state index contributed by atoms with van der Waals surface area (Å²) in [5, 5.41) is 15.9. The number of benzene rings is 1. The number of hydrogen-bond donors (Lipinski definition) is 3. The van der Waals surface area contributed by atoms with Gasteiger partial charge >= 0.3 is 6.03 Å². The van der Waals surface area contributed by atoms with Gasteiger partial charge in [-0.1, -0.05) is 0 Å². The first-order valence-electron chi connectivity index (χ1n) is 8.21. The van der Waals surface area contributed by atoms with E-state index in [0.717, 1.165) is 0 Å². The molecule has 1 heterocycles. The molecule has 7 heteroatoms. The molecule has 1 aliphatic rings. The Hall–Kier alpha value is -2.28. The van der Waals surface area contributed by atoms with Gasteiger partial charge < -0.3 is 25.4 Å². The van der Waals surface area contributed by atoms with Crippen LogP contribution in [0, 0.1) is 0 Å². The van der Waals surface area contributed by atoms with Crippen molar-refractivity contribution in [2.45, 2.75) is 31.9 Å². The number of methoxy groups -OCH3 is 1. The fourth-order valence-electron chi connectivity index (χ4n) is 2.73. The van der Waals surface area contributed by atoms with Gasteiger partial charge in [0.25, 0.3) is 5.91 Å². The monoisotopic (exact) mass is 335 g/mol. The third-order valence-electron chi connectivity index (χ3n) is 4.09. The Balaban J connectivity index is 2.03. The maximum atomic E-state index is 12.4. The number of ether oxygens (including phenoxy) is 1. The van der Waals surface area contributed by atoms with Crippen LogP contribution in [0.1, 0.15) is 30.1 Å². The predicted octanol–water partition coefficient (Wildman–Crippen LogP) is 0.980. The summed E-state index contributed by atoms with van der Waals surface area (Å²) in [6.07, 6.45) is 0.572. The lowest BCUT2D eigenvalue weighted by molar-refractivity contribution is 0.0809. The van der Waals surface area contributed by atoms with E-state index >= 15 is 0 Å². The van der Waals surface area contributed by atoms with E-state index in [1.54, 1.807) is 36.3 Å². The predicted molar refractivity (Wildman–Crippen MR) is 90.1 cm³/mol. The minimum atomic E-state index is -0.674. The Kier molecular flexibility index (Phi) is 6.43. The molecule has 0 aliphatic carbocycles. The first-order chi connectivity index (χ1) is 11.5. The van der Waals surface area contributed by atoms with E-state index < -0.39 is 12.1 Å². The van der Waals surface area contributed by atoms with Crippen LogP contribution in [0.2, 0.25) is 0 Å². The zero-order valence-corrected chi connectivity index (χ0v) is 14.1. The van der Waals surface area contributed by atoms with Crippen LogP contribution in [0.3, 0.4) is 0 Å².